The van der Waals surface area contributed by atoms with E-state index in [0.717, 1.165) is 33.8 Å². The topological polar surface area (TPSA) is 34.1 Å². The first-order valence-corrected chi connectivity index (χ1v) is 22.9. The molecule has 0 amide bonds. The lowest BCUT2D eigenvalue weighted by atomic mass is 9.84. The number of rotatable bonds is 18. The maximum absolute atomic E-state index is 11.6. The van der Waals surface area contributed by atoms with E-state index in [2.05, 4.69) is 97.6 Å². The van der Waals surface area contributed by atoms with Crippen molar-refractivity contribution in [1.29, 1.82) is 0 Å². The van der Waals surface area contributed by atoms with Crippen molar-refractivity contribution in [2.75, 3.05) is 34.5 Å². The smallest absolute Gasteiger partial charge is 0.211 e. The normalized spacial score (nSPS) is 30.1. The molecular weight excluding hydrogens is 649 g/mol. The zero-order valence-electron chi connectivity index (χ0n) is 24.2. The summed E-state index contributed by atoms with van der Waals surface area (Å²) in [5.74, 6) is 8.67. The van der Waals surface area contributed by atoms with Crippen molar-refractivity contribution < 1.29 is 9.59 Å². The van der Waals surface area contributed by atoms with Crippen LogP contribution < -0.4 is 0 Å². The van der Waals surface area contributed by atoms with Gasteiger partial charge in [0, 0.05) is 44.0 Å². The second kappa shape index (κ2) is 20.6. The molecule has 40 heavy (non-hydrogen) atoms. The van der Waals surface area contributed by atoms with Gasteiger partial charge in [-0.15, -0.1) is 47.0 Å². The summed E-state index contributed by atoms with van der Waals surface area (Å²) >= 11 is 15.9. The van der Waals surface area contributed by atoms with E-state index in [1.807, 2.05) is 0 Å². The molecule has 2 saturated heterocycles. The van der Waals surface area contributed by atoms with E-state index in [1.165, 1.54) is 110 Å². The van der Waals surface area contributed by atoms with E-state index < -0.39 is 0 Å². The van der Waals surface area contributed by atoms with Gasteiger partial charge >= 0.3 is 0 Å². The largest absolute Gasteiger partial charge is 0.282 e. The Morgan fingerprint density at radius 2 is 1.12 bits per heavy atom. The molecule has 1 aliphatic carbocycles. The van der Waals surface area contributed by atoms with Crippen molar-refractivity contribution in [3.8, 4) is 0 Å². The van der Waals surface area contributed by atoms with E-state index in [4.69, 9.17) is 0 Å². The Labute approximate surface area is 278 Å². The van der Waals surface area contributed by atoms with Crippen LogP contribution in [-0.2, 0) is 9.59 Å². The van der Waals surface area contributed by atoms with Crippen LogP contribution in [0.3, 0.4) is 0 Å². The highest BCUT2D eigenvalue weighted by molar-refractivity contribution is 8.23. The summed E-state index contributed by atoms with van der Waals surface area (Å²) in [7, 11) is 0. The summed E-state index contributed by atoms with van der Waals surface area (Å²) in [6.07, 6.45) is 13.7. The van der Waals surface area contributed by atoms with Crippen LogP contribution in [0.5, 0.6) is 0 Å². The van der Waals surface area contributed by atoms with Crippen molar-refractivity contribution in [2.24, 2.45) is 11.8 Å². The van der Waals surface area contributed by atoms with Crippen LogP contribution in [0.1, 0.15) is 65.2 Å². The maximum atomic E-state index is 11.6. The minimum absolute atomic E-state index is 0.112. The van der Waals surface area contributed by atoms with Gasteiger partial charge in [-0.1, -0.05) is 63.4 Å². The van der Waals surface area contributed by atoms with Crippen molar-refractivity contribution in [1.82, 2.24) is 0 Å². The molecule has 3 aliphatic rings. The SMILES string of the molecule is C=CC(=O)SCC1CSC(C(CCC)SCC2CCC(CSC(CCC)C3SCC(CSC(=O)C=C)S3)CC2)S1. The predicted octanol–water partition coefficient (Wildman–Crippen LogP) is 9.84. The van der Waals surface area contributed by atoms with E-state index in [9.17, 15) is 9.59 Å². The zero-order valence-corrected chi connectivity index (χ0v) is 30.7. The Morgan fingerprint density at radius 1 is 0.725 bits per heavy atom. The summed E-state index contributed by atoms with van der Waals surface area (Å²) in [6, 6.07) is 0. The molecule has 0 aromatic carbocycles. The fraction of sp³-hybridized carbons (Fsp3) is 0.800. The molecule has 6 unspecified atom stereocenters. The predicted molar refractivity (Wildman–Crippen MR) is 198 cm³/mol. The van der Waals surface area contributed by atoms with Gasteiger partial charge in [0.2, 0.25) is 10.2 Å². The summed E-state index contributed by atoms with van der Waals surface area (Å²) in [5, 5.41) is 2.90. The first kappa shape index (κ1) is 36.1. The van der Waals surface area contributed by atoms with Gasteiger partial charge in [0.25, 0.3) is 0 Å². The Kier molecular flexibility index (Phi) is 18.6. The Balaban J connectivity index is 1.34. The highest BCUT2D eigenvalue weighted by Crippen LogP contribution is 2.48. The molecule has 0 bridgehead atoms. The van der Waals surface area contributed by atoms with Crippen LogP contribution >= 0.6 is 94.1 Å². The third-order valence-electron chi connectivity index (χ3n) is 7.51. The molecule has 2 heterocycles. The van der Waals surface area contributed by atoms with E-state index in [0.29, 0.717) is 19.7 Å². The van der Waals surface area contributed by atoms with Crippen molar-refractivity contribution in [2.45, 2.75) is 95.4 Å². The van der Waals surface area contributed by atoms with Crippen LogP contribution in [0.2, 0.25) is 0 Å². The van der Waals surface area contributed by atoms with E-state index in [-0.39, 0.29) is 10.2 Å². The van der Waals surface area contributed by atoms with Crippen molar-refractivity contribution in [3.63, 3.8) is 0 Å². The number of carbonyl (C=O) groups is 2. The third kappa shape index (κ3) is 12.9. The Bertz CT molecular complexity index is 724. The quantitative estimate of drug-likeness (QED) is 0.129. The van der Waals surface area contributed by atoms with Crippen LogP contribution in [0.15, 0.2) is 25.3 Å². The van der Waals surface area contributed by atoms with Gasteiger partial charge < -0.3 is 0 Å². The van der Waals surface area contributed by atoms with Crippen molar-refractivity contribution >= 4 is 104 Å². The molecule has 0 radical (unpaired) electrons. The Hall–Kier alpha value is 1.62. The summed E-state index contributed by atoms with van der Waals surface area (Å²) in [4.78, 5) is 23.2. The molecule has 3 rings (SSSR count). The van der Waals surface area contributed by atoms with Gasteiger partial charge in [-0.25, -0.2) is 0 Å². The highest BCUT2D eigenvalue weighted by Gasteiger charge is 2.35. The molecule has 6 atom stereocenters. The average molecular weight is 697 g/mol. The lowest BCUT2D eigenvalue weighted by molar-refractivity contribution is -0.107. The minimum Gasteiger partial charge on any atom is -0.282 e. The van der Waals surface area contributed by atoms with Gasteiger partial charge in [-0.3, -0.25) is 9.59 Å². The molecular formula is C30H48O2S8. The number of thioether (sulfide) groups is 8. The molecule has 1 saturated carbocycles. The van der Waals surface area contributed by atoms with Crippen LogP contribution in [0.4, 0.5) is 0 Å². The van der Waals surface area contributed by atoms with Crippen LogP contribution in [0.25, 0.3) is 0 Å². The molecule has 2 nitrogen and oxygen atoms in total. The number of hydrogen-bond acceptors (Lipinski definition) is 10. The molecule has 0 spiro atoms. The monoisotopic (exact) mass is 696 g/mol. The van der Waals surface area contributed by atoms with E-state index in [1.54, 1.807) is 0 Å². The highest BCUT2D eigenvalue weighted by atomic mass is 32.2. The number of hydrogen-bond donors (Lipinski definition) is 0. The van der Waals surface area contributed by atoms with Crippen molar-refractivity contribution in [3.05, 3.63) is 25.3 Å². The molecule has 0 aromatic heterocycles. The summed E-state index contributed by atoms with van der Waals surface area (Å²) < 4.78 is 1.37. The van der Waals surface area contributed by atoms with E-state index >= 15 is 0 Å². The van der Waals surface area contributed by atoms with Crippen LogP contribution in [-0.4, -0.2) is 74.9 Å². The molecule has 228 valence electrons. The standard InChI is InChI=1S/C30H48O2S8/c1-5-9-25(29-37-19-23(39-29)17-35-27(31)7-3)33-15-21-11-13-22(14-12-21)16-34-26(10-6-2)30-38-20-24(40-30)18-36-28(32)8-4/h7-8,21-26,29-30H,3-6,9-20H2,1-2H3. The maximum Gasteiger partial charge on any atom is 0.211 e. The fourth-order valence-electron chi connectivity index (χ4n) is 5.22. The first-order valence-electron chi connectivity index (χ1n) is 14.8. The second-order valence-electron chi connectivity index (χ2n) is 10.8. The van der Waals surface area contributed by atoms with Gasteiger partial charge in [-0.05, 0) is 74.0 Å². The fourth-order valence-corrected chi connectivity index (χ4v) is 18.6. The van der Waals surface area contributed by atoms with Crippen LogP contribution in [0, 0.1) is 11.8 Å². The van der Waals surface area contributed by atoms with Gasteiger partial charge in [0.1, 0.15) is 0 Å². The lowest BCUT2D eigenvalue weighted by Crippen LogP contribution is -2.23. The van der Waals surface area contributed by atoms with Gasteiger partial charge in [0.05, 0.1) is 9.16 Å². The average Bonchev–Trinajstić information content (AvgIpc) is 3.65. The summed E-state index contributed by atoms with van der Waals surface area (Å²) in [5.41, 5.74) is 0. The first-order chi connectivity index (χ1) is 19.4. The Morgan fingerprint density at radius 3 is 1.48 bits per heavy atom. The summed E-state index contributed by atoms with van der Waals surface area (Å²) in [6.45, 7) is 11.9. The van der Waals surface area contributed by atoms with Gasteiger partial charge in [0.15, 0.2) is 0 Å². The number of carbonyl (C=O) groups excluding carboxylic acids is 2. The molecule has 10 heteroatoms. The third-order valence-corrected chi connectivity index (χ3v) is 20.9. The zero-order chi connectivity index (χ0) is 28.7. The lowest BCUT2D eigenvalue weighted by Gasteiger charge is -2.31. The molecule has 2 aliphatic heterocycles. The molecule has 3 fully saturated rings. The minimum atomic E-state index is 0.112. The second-order valence-corrected chi connectivity index (χ2v) is 21.2. The molecule has 0 aromatic rings. The molecule has 0 N–H and O–H groups in total. The van der Waals surface area contributed by atoms with Gasteiger partial charge in [-0.2, -0.15) is 23.5 Å².